The van der Waals surface area contributed by atoms with Crippen molar-refractivity contribution in [2.75, 3.05) is 46.9 Å². The summed E-state index contributed by atoms with van der Waals surface area (Å²) >= 11 is 0. The van der Waals surface area contributed by atoms with E-state index in [2.05, 4.69) is 16.0 Å². The van der Waals surface area contributed by atoms with Crippen molar-refractivity contribution in [1.82, 2.24) is 20.9 Å². The summed E-state index contributed by atoms with van der Waals surface area (Å²) in [6, 6.07) is -0.198. The molecule has 10 heteroatoms. The number of nitrogens with two attached hydrogens (primary N) is 1. The highest BCUT2D eigenvalue weighted by Gasteiger charge is 2.30. The van der Waals surface area contributed by atoms with Crippen molar-refractivity contribution < 1.29 is 23.9 Å². The fourth-order valence-electron chi connectivity index (χ4n) is 2.96. The molecule has 1 aliphatic heterocycles. The summed E-state index contributed by atoms with van der Waals surface area (Å²) in [7, 11) is 3.21. The number of hydrogen-bond donors (Lipinski definition) is 4. The second-order valence-electron chi connectivity index (χ2n) is 6.49. The van der Waals surface area contributed by atoms with Gasteiger partial charge in [0.2, 0.25) is 0 Å². The third-order valence-corrected chi connectivity index (χ3v) is 4.46. The van der Waals surface area contributed by atoms with E-state index in [0.717, 1.165) is 25.9 Å². The van der Waals surface area contributed by atoms with E-state index in [1.54, 1.807) is 19.1 Å². The molecule has 4 amide bonds. The van der Waals surface area contributed by atoms with E-state index >= 15 is 0 Å². The summed E-state index contributed by atoms with van der Waals surface area (Å²) in [5, 5.41) is 8.59. The number of carbonyl (C=O) groups excluding carboxylic acids is 3. The van der Waals surface area contributed by atoms with Gasteiger partial charge in [-0.15, -0.1) is 0 Å². The molecule has 0 bridgehead atoms. The zero-order valence-corrected chi connectivity index (χ0v) is 16.3. The fraction of sp³-hybridized carbons (Fsp3) is 0.824. The first kappa shape index (κ1) is 23.0. The van der Waals surface area contributed by atoms with Crippen molar-refractivity contribution in [3.8, 4) is 0 Å². The third kappa shape index (κ3) is 9.43. The molecule has 10 nitrogen and oxygen atoms in total. The number of piperidine rings is 1. The average molecular weight is 387 g/mol. The maximum atomic E-state index is 12.7. The predicted octanol–water partition coefficient (Wildman–Crippen LogP) is -0.223. The minimum Gasteiger partial charge on any atom is -0.436 e. The Morgan fingerprint density at radius 2 is 1.89 bits per heavy atom. The van der Waals surface area contributed by atoms with Crippen molar-refractivity contribution in [1.29, 1.82) is 0 Å². The number of nitrogens with one attached hydrogen (secondary N) is 3. The van der Waals surface area contributed by atoms with E-state index in [0.29, 0.717) is 39.0 Å². The molecule has 0 aromatic heterocycles. The Labute approximate surface area is 160 Å². The van der Waals surface area contributed by atoms with Gasteiger partial charge >= 0.3 is 12.1 Å². The quantitative estimate of drug-likeness (QED) is 0.362. The molecule has 0 aromatic rings. The fourth-order valence-corrected chi connectivity index (χ4v) is 2.96. The standard InChI is InChI=1S/C17H33N5O5/c1-19-17(25)21-13-6-10-22(11-7-13)15(23)14(27-16(18)24)5-3-4-8-20-9-12-26-2/h13-14,20H,3-12H2,1-2H3,(H2,18,24)(H2,19,21,25)/t14-/m1/s1. The molecular weight excluding hydrogens is 354 g/mol. The summed E-state index contributed by atoms with van der Waals surface area (Å²) in [6.45, 7) is 3.24. The Morgan fingerprint density at radius 1 is 1.19 bits per heavy atom. The van der Waals surface area contributed by atoms with Gasteiger partial charge in [-0.1, -0.05) is 0 Å². The second-order valence-corrected chi connectivity index (χ2v) is 6.49. The SMILES string of the molecule is CNC(=O)NC1CCN(C(=O)[C@@H](CCCCNCCOC)OC(N)=O)CC1. The van der Waals surface area contributed by atoms with Gasteiger partial charge in [0, 0.05) is 39.8 Å². The lowest BCUT2D eigenvalue weighted by molar-refractivity contribution is -0.141. The van der Waals surface area contributed by atoms with Crippen molar-refractivity contribution in [2.45, 2.75) is 44.2 Å². The number of methoxy groups -OCH3 is 1. The van der Waals surface area contributed by atoms with Crippen LogP contribution in [0.15, 0.2) is 0 Å². The number of hydrogen-bond acceptors (Lipinski definition) is 6. The van der Waals surface area contributed by atoms with Gasteiger partial charge in [-0.2, -0.15) is 0 Å². The van der Waals surface area contributed by atoms with Gasteiger partial charge in [0.25, 0.3) is 5.91 Å². The molecule has 0 unspecified atom stereocenters. The van der Waals surface area contributed by atoms with Gasteiger partial charge in [0.05, 0.1) is 6.61 Å². The molecular formula is C17H33N5O5. The number of ether oxygens (including phenoxy) is 2. The van der Waals surface area contributed by atoms with Crippen molar-refractivity contribution in [3.05, 3.63) is 0 Å². The number of amides is 4. The number of urea groups is 1. The van der Waals surface area contributed by atoms with Gasteiger partial charge < -0.3 is 36.1 Å². The number of carbonyl (C=O) groups is 3. The number of unbranched alkanes of at least 4 members (excludes halogenated alkanes) is 1. The lowest BCUT2D eigenvalue weighted by Gasteiger charge is -2.34. The maximum absolute atomic E-state index is 12.7. The molecule has 1 rings (SSSR count). The minimum atomic E-state index is -0.942. The van der Waals surface area contributed by atoms with Crippen LogP contribution in [0.5, 0.6) is 0 Å². The van der Waals surface area contributed by atoms with Crippen LogP contribution in [0, 0.1) is 0 Å². The second kappa shape index (κ2) is 13.2. The smallest absolute Gasteiger partial charge is 0.405 e. The van der Waals surface area contributed by atoms with Gasteiger partial charge in [-0.25, -0.2) is 9.59 Å². The molecule has 0 aromatic carbocycles. The van der Waals surface area contributed by atoms with Crippen LogP contribution >= 0.6 is 0 Å². The van der Waals surface area contributed by atoms with E-state index in [-0.39, 0.29) is 18.0 Å². The number of rotatable bonds is 11. The van der Waals surface area contributed by atoms with Crippen molar-refractivity contribution in [3.63, 3.8) is 0 Å². The molecule has 1 fully saturated rings. The molecule has 0 radical (unpaired) electrons. The Morgan fingerprint density at radius 3 is 2.48 bits per heavy atom. The molecule has 156 valence electrons. The average Bonchev–Trinajstić information content (AvgIpc) is 2.66. The molecule has 0 saturated carbocycles. The van der Waals surface area contributed by atoms with E-state index in [1.165, 1.54) is 0 Å². The Kier molecular flexibility index (Phi) is 11.2. The van der Waals surface area contributed by atoms with Crippen molar-refractivity contribution in [2.24, 2.45) is 5.73 Å². The van der Waals surface area contributed by atoms with Crippen LogP contribution < -0.4 is 21.7 Å². The highest BCUT2D eigenvalue weighted by Crippen LogP contribution is 2.15. The van der Waals surface area contributed by atoms with E-state index < -0.39 is 12.2 Å². The number of primary amides is 1. The van der Waals surface area contributed by atoms with Crippen LogP contribution in [0.1, 0.15) is 32.1 Å². The number of nitrogens with zero attached hydrogens (tertiary/aromatic N) is 1. The lowest BCUT2D eigenvalue weighted by Crippen LogP contribution is -2.51. The normalized spacial score (nSPS) is 15.9. The van der Waals surface area contributed by atoms with Gasteiger partial charge in [0.1, 0.15) is 0 Å². The van der Waals surface area contributed by atoms with Gasteiger partial charge in [-0.3, -0.25) is 4.79 Å². The van der Waals surface area contributed by atoms with E-state index in [9.17, 15) is 14.4 Å². The zero-order valence-electron chi connectivity index (χ0n) is 16.3. The summed E-state index contributed by atoms with van der Waals surface area (Å²) in [6.07, 6.45) is 1.54. The Hall–Kier alpha value is -2.07. The molecule has 0 spiro atoms. The first-order chi connectivity index (χ1) is 13.0. The summed E-state index contributed by atoms with van der Waals surface area (Å²) in [5.41, 5.74) is 5.13. The van der Waals surface area contributed by atoms with Crippen LogP contribution in [0.3, 0.4) is 0 Å². The summed E-state index contributed by atoms with van der Waals surface area (Å²) in [5.74, 6) is -0.223. The predicted molar refractivity (Wildman–Crippen MR) is 100 cm³/mol. The van der Waals surface area contributed by atoms with Crippen LogP contribution in [0.4, 0.5) is 9.59 Å². The first-order valence-corrected chi connectivity index (χ1v) is 9.40. The van der Waals surface area contributed by atoms with Crippen LogP contribution in [0.25, 0.3) is 0 Å². The summed E-state index contributed by atoms with van der Waals surface area (Å²) in [4.78, 5) is 36.9. The van der Waals surface area contributed by atoms with Crippen LogP contribution in [-0.4, -0.2) is 82.0 Å². The van der Waals surface area contributed by atoms with Crippen LogP contribution in [-0.2, 0) is 14.3 Å². The van der Waals surface area contributed by atoms with Gasteiger partial charge in [-0.05, 0) is 38.6 Å². The molecule has 1 saturated heterocycles. The lowest BCUT2D eigenvalue weighted by atomic mass is 10.0. The molecule has 1 heterocycles. The molecule has 0 aliphatic carbocycles. The van der Waals surface area contributed by atoms with E-state index in [1.807, 2.05) is 0 Å². The van der Waals surface area contributed by atoms with Crippen molar-refractivity contribution >= 4 is 18.0 Å². The molecule has 1 aliphatic rings. The molecule has 27 heavy (non-hydrogen) atoms. The third-order valence-electron chi connectivity index (χ3n) is 4.46. The molecule has 1 atom stereocenters. The van der Waals surface area contributed by atoms with E-state index in [4.69, 9.17) is 15.2 Å². The van der Waals surface area contributed by atoms with Crippen LogP contribution in [0.2, 0.25) is 0 Å². The first-order valence-electron chi connectivity index (χ1n) is 9.40. The Bertz CT molecular complexity index is 469. The maximum Gasteiger partial charge on any atom is 0.405 e. The van der Waals surface area contributed by atoms with Gasteiger partial charge in [0.15, 0.2) is 6.10 Å². The highest BCUT2D eigenvalue weighted by atomic mass is 16.6. The Balaban J connectivity index is 2.39. The highest BCUT2D eigenvalue weighted by molar-refractivity contribution is 5.83. The molecule has 5 N–H and O–H groups in total. The monoisotopic (exact) mass is 387 g/mol. The topological polar surface area (TPSA) is 135 Å². The summed E-state index contributed by atoms with van der Waals surface area (Å²) < 4.78 is 10.0. The minimum absolute atomic E-state index is 0.0303. The zero-order chi connectivity index (χ0) is 20.1. The largest absolute Gasteiger partial charge is 0.436 e. The number of likely N-dealkylation sites (tertiary alicyclic amines) is 1.